The Balaban J connectivity index is 2.19. The molecule has 0 saturated heterocycles. The Kier molecular flexibility index (Phi) is 3.32. The molecule has 2 N–H and O–H groups in total. The summed E-state index contributed by atoms with van der Waals surface area (Å²) in [6.45, 7) is 9.03. The van der Waals surface area contributed by atoms with E-state index in [2.05, 4.69) is 44.2 Å². The Morgan fingerprint density at radius 1 is 1.24 bits per heavy atom. The molecular weight excluding hydrogens is 266 g/mol. The average molecular weight is 285 g/mol. The van der Waals surface area contributed by atoms with Crippen LogP contribution in [0.25, 0.3) is 17.0 Å². The van der Waals surface area contributed by atoms with E-state index in [0.29, 0.717) is 11.6 Å². The predicted octanol–water partition coefficient (Wildman–Crippen LogP) is 2.29. The molecule has 0 bridgehead atoms. The molecular formula is C14H19N7. The number of aryl methyl sites for hydroxylation is 1. The molecule has 0 atom stereocenters. The van der Waals surface area contributed by atoms with Crippen LogP contribution in [-0.4, -0.2) is 36.3 Å². The Labute approximate surface area is 122 Å². The summed E-state index contributed by atoms with van der Waals surface area (Å²) in [5.41, 5.74) is 4.68. The van der Waals surface area contributed by atoms with Crippen LogP contribution in [0.5, 0.6) is 0 Å². The highest BCUT2D eigenvalue weighted by atomic mass is 15.3. The minimum atomic E-state index is 0.580. The van der Waals surface area contributed by atoms with Crippen LogP contribution in [0.2, 0.25) is 0 Å². The number of hydrogen-bond donors (Lipinski definition) is 2. The number of nitrogens with one attached hydrogen (secondary N) is 2. The van der Waals surface area contributed by atoms with E-state index in [-0.39, 0.29) is 0 Å². The summed E-state index contributed by atoms with van der Waals surface area (Å²) in [5.74, 6) is 1.31. The summed E-state index contributed by atoms with van der Waals surface area (Å²) in [5, 5.41) is 7.79. The fourth-order valence-electron chi connectivity index (χ4n) is 2.21. The second-order valence-corrected chi connectivity index (χ2v) is 5.11. The lowest BCUT2D eigenvalue weighted by Crippen LogP contribution is -2.09. The van der Waals surface area contributed by atoms with Gasteiger partial charge < -0.3 is 10.3 Å². The maximum atomic E-state index is 4.60. The molecule has 0 radical (unpaired) electrons. The van der Waals surface area contributed by atoms with Crippen molar-refractivity contribution in [1.82, 2.24) is 29.7 Å². The number of aromatic nitrogens is 6. The first kappa shape index (κ1) is 13.5. The van der Waals surface area contributed by atoms with Gasteiger partial charge in [-0.25, -0.2) is 9.67 Å². The van der Waals surface area contributed by atoms with Crippen LogP contribution in [0.1, 0.15) is 30.3 Å². The SMILES string of the molecule is CCCNc1nc(-n2nc(C)c(C)c2C)c2[nH]cnc2n1. The summed E-state index contributed by atoms with van der Waals surface area (Å²) in [4.78, 5) is 16.4. The van der Waals surface area contributed by atoms with Crippen LogP contribution in [0, 0.1) is 20.8 Å². The molecule has 3 rings (SSSR count). The van der Waals surface area contributed by atoms with Gasteiger partial charge in [0, 0.05) is 12.2 Å². The van der Waals surface area contributed by atoms with Gasteiger partial charge in [0.15, 0.2) is 11.5 Å². The number of aromatic amines is 1. The number of imidazole rings is 1. The van der Waals surface area contributed by atoms with Crippen LogP contribution in [-0.2, 0) is 0 Å². The van der Waals surface area contributed by atoms with E-state index in [1.54, 1.807) is 6.33 Å². The summed E-state index contributed by atoms with van der Waals surface area (Å²) in [6, 6.07) is 0. The third-order valence-electron chi connectivity index (χ3n) is 3.65. The van der Waals surface area contributed by atoms with Crippen molar-refractivity contribution in [2.24, 2.45) is 0 Å². The second kappa shape index (κ2) is 5.16. The fourth-order valence-corrected chi connectivity index (χ4v) is 2.21. The molecule has 7 nitrogen and oxygen atoms in total. The maximum Gasteiger partial charge on any atom is 0.226 e. The van der Waals surface area contributed by atoms with Gasteiger partial charge in [-0.05, 0) is 32.8 Å². The van der Waals surface area contributed by atoms with E-state index >= 15 is 0 Å². The zero-order valence-electron chi connectivity index (χ0n) is 12.7. The van der Waals surface area contributed by atoms with E-state index in [1.165, 1.54) is 5.56 Å². The third-order valence-corrected chi connectivity index (χ3v) is 3.65. The number of nitrogens with zero attached hydrogens (tertiary/aromatic N) is 5. The first-order valence-electron chi connectivity index (χ1n) is 7.10. The van der Waals surface area contributed by atoms with Crippen molar-refractivity contribution in [3.63, 3.8) is 0 Å². The number of hydrogen-bond acceptors (Lipinski definition) is 5. The van der Waals surface area contributed by atoms with Crippen LogP contribution in [0.3, 0.4) is 0 Å². The van der Waals surface area contributed by atoms with Crippen LogP contribution in [0.4, 0.5) is 5.95 Å². The zero-order chi connectivity index (χ0) is 15.0. The molecule has 7 heteroatoms. The minimum absolute atomic E-state index is 0.580. The highest BCUT2D eigenvalue weighted by Gasteiger charge is 2.16. The summed E-state index contributed by atoms with van der Waals surface area (Å²) in [6.07, 6.45) is 2.64. The molecule has 3 aromatic rings. The lowest BCUT2D eigenvalue weighted by Gasteiger charge is -2.08. The normalized spacial score (nSPS) is 11.2. The highest BCUT2D eigenvalue weighted by molar-refractivity contribution is 5.79. The van der Waals surface area contributed by atoms with Crippen LogP contribution < -0.4 is 5.32 Å². The van der Waals surface area contributed by atoms with Crippen LogP contribution >= 0.6 is 0 Å². The van der Waals surface area contributed by atoms with E-state index in [4.69, 9.17) is 0 Å². The van der Waals surface area contributed by atoms with Gasteiger partial charge in [-0.2, -0.15) is 15.1 Å². The van der Waals surface area contributed by atoms with Gasteiger partial charge in [0.25, 0.3) is 0 Å². The molecule has 0 aromatic carbocycles. The van der Waals surface area contributed by atoms with Gasteiger partial charge >= 0.3 is 0 Å². The first-order valence-corrected chi connectivity index (χ1v) is 7.10. The van der Waals surface area contributed by atoms with Gasteiger partial charge in [0.2, 0.25) is 5.95 Å². The predicted molar refractivity (Wildman–Crippen MR) is 81.8 cm³/mol. The fraction of sp³-hybridized carbons (Fsp3) is 0.429. The second-order valence-electron chi connectivity index (χ2n) is 5.11. The minimum Gasteiger partial charge on any atom is -0.354 e. The van der Waals surface area contributed by atoms with Gasteiger partial charge in [-0.1, -0.05) is 6.92 Å². The molecule has 3 aromatic heterocycles. The zero-order valence-corrected chi connectivity index (χ0v) is 12.7. The van der Waals surface area contributed by atoms with Crippen molar-refractivity contribution in [3.05, 3.63) is 23.3 Å². The molecule has 0 fully saturated rings. The monoisotopic (exact) mass is 285 g/mol. The van der Waals surface area contributed by atoms with Crippen molar-refractivity contribution in [2.45, 2.75) is 34.1 Å². The van der Waals surface area contributed by atoms with Gasteiger partial charge in [0.1, 0.15) is 5.52 Å². The van der Waals surface area contributed by atoms with E-state index < -0.39 is 0 Å². The summed E-state index contributed by atoms with van der Waals surface area (Å²) < 4.78 is 1.85. The molecule has 0 saturated carbocycles. The van der Waals surface area contributed by atoms with Crippen molar-refractivity contribution in [3.8, 4) is 5.82 Å². The number of anilines is 1. The largest absolute Gasteiger partial charge is 0.354 e. The van der Waals surface area contributed by atoms with E-state index in [1.807, 2.05) is 18.5 Å². The smallest absolute Gasteiger partial charge is 0.226 e. The standard InChI is InChI=1S/C14H19N7/c1-5-6-15-14-18-12-11(16-7-17-12)13(19-14)21-10(4)8(2)9(3)20-21/h7H,5-6H2,1-4H3,(H2,15,16,17,18,19). The molecule has 0 aliphatic carbocycles. The van der Waals surface area contributed by atoms with Crippen molar-refractivity contribution >= 4 is 17.1 Å². The Morgan fingerprint density at radius 2 is 2.05 bits per heavy atom. The number of H-pyrrole nitrogens is 1. The third kappa shape index (κ3) is 2.24. The quantitative estimate of drug-likeness (QED) is 0.768. The molecule has 0 aliphatic heterocycles. The van der Waals surface area contributed by atoms with Crippen molar-refractivity contribution < 1.29 is 0 Å². The molecule has 0 aliphatic rings. The number of rotatable bonds is 4. The van der Waals surface area contributed by atoms with E-state index in [9.17, 15) is 0 Å². The van der Waals surface area contributed by atoms with Crippen molar-refractivity contribution in [1.29, 1.82) is 0 Å². The molecule has 0 spiro atoms. The maximum absolute atomic E-state index is 4.60. The lowest BCUT2D eigenvalue weighted by molar-refractivity contribution is 0.806. The Morgan fingerprint density at radius 3 is 2.71 bits per heavy atom. The van der Waals surface area contributed by atoms with Gasteiger partial charge in [0.05, 0.1) is 12.0 Å². The van der Waals surface area contributed by atoms with Gasteiger partial charge in [-0.3, -0.25) is 0 Å². The van der Waals surface area contributed by atoms with Crippen LogP contribution in [0.15, 0.2) is 6.33 Å². The van der Waals surface area contributed by atoms with Crippen molar-refractivity contribution in [2.75, 3.05) is 11.9 Å². The summed E-state index contributed by atoms with van der Waals surface area (Å²) in [7, 11) is 0. The average Bonchev–Trinajstić information content (AvgIpc) is 3.04. The summed E-state index contributed by atoms with van der Waals surface area (Å²) >= 11 is 0. The Bertz CT molecular complexity index is 784. The molecule has 3 heterocycles. The lowest BCUT2D eigenvalue weighted by atomic mass is 10.2. The van der Waals surface area contributed by atoms with Gasteiger partial charge in [-0.15, -0.1) is 0 Å². The Hall–Kier alpha value is -2.44. The molecule has 0 amide bonds. The molecule has 21 heavy (non-hydrogen) atoms. The topological polar surface area (TPSA) is 84.3 Å². The molecule has 110 valence electrons. The first-order chi connectivity index (χ1) is 10.1. The van der Waals surface area contributed by atoms with E-state index in [0.717, 1.165) is 35.7 Å². The number of fused-ring (bicyclic) bond motifs is 1. The molecule has 0 unspecified atom stereocenters. The highest BCUT2D eigenvalue weighted by Crippen LogP contribution is 2.21.